The van der Waals surface area contributed by atoms with Crippen molar-refractivity contribution in [3.8, 4) is 11.6 Å². The van der Waals surface area contributed by atoms with Crippen LogP contribution in [-0.2, 0) is 5.41 Å². The van der Waals surface area contributed by atoms with Crippen LogP contribution in [0, 0.1) is 0 Å². The largest absolute Gasteiger partial charge is 0.437 e. The summed E-state index contributed by atoms with van der Waals surface area (Å²) >= 11 is 0. The van der Waals surface area contributed by atoms with Crippen LogP contribution in [-0.4, -0.2) is 17.1 Å². The third-order valence-corrected chi connectivity index (χ3v) is 4.61. The molecule has 1 aliphatic carbocycles. The molecule has 1 aromatic heterocycles. The molecule has 1 fully saturated rings. The summed E-state index contributed by atoms with van der Waals surface area (Å²) in [5.41, 5.74) is 1.59. The van der Waals surface area contributed by atoms with E-state index in [4.69, 9.17) is 4.74 Å². The minimum absolute atomic E-state index is 0.0567. The number of urea groups is 1. The summed E-state index contributed by atoms with van der Waals surface area (Å²) < 4.78 is 6.08. The van der Waals surface area contributed by atoms with E-state index in [1.165, 1.54) is 12.8 Å². The minimum Gasteiger partial charge on any atom is -0.437 e. The molecule has 1 heterocycles. The summed E-state index contributed by atoms with van der Waals surface area (Å²) in [5, 5.41) is 5.90. The molecular weight excluding hydrogens is 326 g/mol. The number of benzene rings is 1. The Balaban J connectivity index is 1.77. The van der Waals surface area contributed by atoms with E-state index in [1.54, 1.807) is 18.3 Å². The summed E-state index contributed by atoms with van der Waals surface area (Å²) in [5.74, 6) is 1.14. The number of ether oxygens (including phenoxy) is 1. The van der Waals surface area contributed by atoms with E-state index in [0.717, 1.165) is 24.2 Å². The fourth-order valence-corrected chi connectivity index (χ4v) is 3.26. The monoisotopic (exact) mass is 353 g/mol. The number of anilines is 1. The van der Waals surface area contributed by atoms with Gasteiger partial charge in [0, 0.05) is 17.8 Å². The molecule has 0 radical (unpaired) electrons. The number of hydrogen-bond acceptors (Lipinski definition) is 3. The van der Waals surface area contributed by atoms with E-state index >= 15 is 0 Å². The number of aromatic nitrogens is 1. The van der Waals surface area contributed by atoms with Crippen LogP contribution in [0.1, 0.15) is 52.0 Å². The van der Waals surface area contributed by atoms with Crippen molar-refractivity contribution < 1.29 is 9.53 Å². The molecule has 5 nitrogen and oxygen atoms in total. The molecular formula is C21H27N3O2. The van der Waals surface area contributed by atoms with Crippen molar-refractivity contribution in [2.24, 2.45) is 0 Å². The predicted octanol–water partition coefficient (Wildman–Crippen LogP) is 5.24. The number of amides is 2. The number of rotatable bonds is 4. The number of pyridine rings is 1. The Morgan fingerprint density at radius 3 is 2.58 bits per heavy atom. The van der Waals surface area contributed by atoms with Gasteiger partial charge in [-0.05, 0) is 36.5 Å². The summed E-state index contributed by atoms with van der Waals surface area (Å²) in [7, 11) is 0. The smallest absolute Gasteiger partial charge is 0.319 e. The number of carbonyl (C=O) groups excluding carboxylic acids is 1. The maximum absolute atomic E-state index is 12.3. The van der Waals surface area contributed by atoms with Gasteiger partial charge in [0.2, 0.25) is 5.88 Å². The zero-order chi connectivity index (χ0) is 18.6. The van der Waals surface area contributed by atoms with Crippen molar-refractivity contribution in [1.82, 2.24) is 10.3 Å². The van der Waals surface area contributed by atoms with Gasteiger partial charge in [-0.3, -0.25) is 0 Å². The Morgan fingerprint density at radius 1 is 1.12 bits per heavy atom. The van der Waals surface area contributed by atoms with Gasteiger partial charge in [0.25, 0.3) is 0 Å². The van der Waals surface area contributed by atoms with Crippen molar-refractivity contribution in [2.45, 2.75) is 57.9 Å². The molecule has 138 valence electrons. The Labute approximate surface area is 155 Å². The first-order valence-corrected chi connectivity index (χ1v) is 9.23. The average molecular weight is 353 g/mol. The van der Waals surface area contributed by atoms with Gasteiger partial charge in [0.15, 0.2) is 0 Å². The van der Waals surface area contributed by atoms with Gasteiger partial charge in [-0.1, -0.05) is 51.8 Å². The average Bonchev–Trinajstić information content (AvgIpc) is 3.09. The summed E-state index contributed by atoms with van der Waals surface area (Å²) in [6.07, 6.45) is 6.10. The van der Waals surface area contributed by atoms with Crippen LogP contribution >= 0.6 is 0 Å². The highest BCUT2D eigenvalue weighted by Gasteiger charge is 2.21. The second-order valence-electron chi connectivity index (χ2n) is 7.78. The second-order valence-corrected chi connectivity index (χ2v) is 7.78. The zero-order valence-electron chi connectivity index (χ0n) is 15.7. The molecule has 1 aromatic carbocycles. The molecule has 0 unspecified atom stereocenters. The highest BCUT2D eigenvalue weighted by Crippen LogP contribution is 2.35. The van der Waals surface area contributed by atoms with Gasteiger partial charge in [-0.15, -0.1) is 0 Å². The molecule has 3 rings (SSSR count). The fraction of sp³-hybridized carbons (Fsp3) is 0.429. The molecule has 0 aliphatic heterocycles. The van der Waals surface area contributed by atoms with Crippen LogP contribution in [0.15, 0.2) is 42.6 Å². The first-order valence-electron chi connectivity index (χ1n) is 9.23. The van der Waals surface area contributed by atoms with E-state index < -0.39 is 0 Å². The quantitative estimate of drug-likeness (QED) is 0.790. The standard InChI is InChI=1S/C21H27N3O2/c1-21(2,3)16-11-6-7-13-18(16)26-19-17(12-8-14-22-19)24-20(25)23-15-9-4-5-10-15/h6-8,11-15H,4-5,9-10H2,1-3H3,(H2,23,24,25). The van der Waals surface area contributed by atoms with Crippen LogP contribution in [0.4, 0.5) is 10.5 Å². The van der Waals surface area contributed by atoms with E-state index in [2.05, 4.69) is 42.5 Å². The zero-order valence-corrected chi connectivity index (χ0v) is 15.7. The third kappa shape index (κ3) is 4.54. The van der Waals surface area contributed by atoms with Gasteiger partial charge in [0.05, 0.1) is 0 Å². The number of carbonyl (C=O) groups is 1. The first kappa shape index (κ1) is 18.2. The first-order chi connectivity index (χ1) is 12.4. The molecule has 2 amide bonds. The van der Waals surface area contributed by atoms with Crippen molar-refractivity contribution in [2.75, 3.05) is 5.32 Å². The van der Waals surface area contributed by atoms with Crippen LogP contribution in [0.25, 0.3) is 0 Å². The van der Waals surface area contributed by atoms with Crippen LogP contribution < -0.4 is 15.4 Å². The predicted molar refractivity (Wildman–Crippen MR) is 104 cm³/mol. The highest BCUT2D eigenvalue weighted by atomic mass is 16.5. The molecule has 5 heteroatoms. The molecule has 2 aromatic rings. The molecule has 2 N–H and O–H groups in total. The molecule has 26 heavy (non-hydrogen) atoms. The van der Waals surface area contributed by atoms with Gasteiger partial charge in [0.1, 0.15) is 11.4 Å². The van der Waals surface area contributed by atoms with Crippen LogP contribution in [0.3, 0.4) is 0 Å². The lowest BCUT2D eigenvalue weighted by Gasteiger charge is -2.22. The number of para-hydroxylation sites is 1. The van der Waals surface area contributed by atoms with Crippen molar-refractivity contribution in [3.63, 3.8) is 0 Å². The van der Waals surface area contributed by atoms with E-state index in [1.807, 2.05) is 18.2 Å². The fourth-order valence-electron chi connectivity index (χ4n) is 3.26. The van der Waals surface area contributed by atoms with Gasteiger partial charge >= 0.3 is 6.03 Å². The molecule has 1 aliphatic rings. The van der Waals surface area contributed by atoms with Crippen LogP contribution in [0.5, 0.6) is 11.6 Å². The summed E-state index contributed by atoms with van der Waals surface area (Å²) in [6, 6.07) is 11.6. The summed E-state index contributed by atoms with van der Waals surface area (Å²) in [6.45, 7) is 6.42. The topological polar surface area (TPSA) is 63.2 Å². The molecule has 1 saturated carbocycles. The maximum Gasteiger partial charge on any atom is 0.319 e. The third-order valence-electron chi connectivity index (χ3n) is 4.61. The minimum atomic E-state index is -0.209. The van der Waals surface area contributed by atoms with E-state index in [-0.39, 0.29) is 17.5 Å². The Morgan fingerprint density at radius 2 is 1.85 bits per heavy atom. The normalized spacial score (nSPS) is 14.9. The molecule has 0 atom stereocenters. The van der Waals surface area contributed by atoms with Gasteiger partial charge < -0.3 is 15.4 Å². The lowest BCUT2D eigenvalue weighted by Crippen LogP contribution is -2.36. The second kappa shape index (κ2) is 7.77. The van der Waals surface area contributed by atoms with E-state index in [0.29, 0.717) is 11.6 Å². The Hall–Kier alpha value is -2.56. The number of nitrogens with one attached hydrogen (secondary N) is 2. The Bertz CT molecular complexity index is 762. The maximum atomic E-state index is 12.3. The van der Waals surface area contributed by atoms with E-state index in [9.17, 15) is 4.79 Å². The number of hydrogen-bond donors (Lipinski definition) is 2. The Kier molecular flexibility index (Phi) is 5.45. The van der Waals surface area contributed by atoms with Gasteiger partial charge in [-0.25, -0.2) is 9.78 Å². The molecule has 0 spiro atoms. The molecule has 0 bridgehead atoms. The van der Waals surface area contributed by atoms with Gasteiger partial charge in [-0.2, -0.15) is 0 Å². The van der Waals surface area contributed by atoms with Crippen molar-refractivity contribution in [1.29, 1.82) is 0 Å². The lowest BCUT2D eigenvalue weighted by molar-refractivity contribution is 0.248. The summed E-state index contributed by atoms with van der Waals surface area (Å²) in [4.78, 5) is 16.6. The highest BCUT2D eigenvalue weighted by molar-refractivity contribution is 5.90. The van der Waals surface area contributed by atoms with Crippen molar-refractivity contribution in [3.05, 3.63) is 48.2 Å². The molecule has 0 saturated heterocycles. The lowest BCUT2D eigenvalue weighted by atomic mass is 9.86. The van der Waals surface area contributed by atoms with Crippen molar-refractivity contribution >= 4 is 11.7 Å². The van der Waals surface area contributed by atoms with Crippen LogP contribution in [0.2, 0.25) is 0 Å². The number of nitrogens with zero attached hydrogens (tertiary/aromatic N) is 1. The SMILES string of the molecule is CC(C)(C)c1ccccc1Oc1ncccc1NC(=O)NC1CCCC1.